The Morgan fingerprint density at radius 3 is 2.27 bits per heavy atom. The Hall–Kier alpha value is -2.65. The van der Waals surface area contributed by atoms with E-state index < -0.39 is 6.10 Å². The summed E-state index contributed by atoms with van der Waals surface area (Å²) in [5.41, 5.74) is 2.21. The van der Waals surface area contributed by atoms with Crippen LogP contribution in [0.2, 0.25) is 0 Å². The van der Waals surface area contributed by atoms with Crippen LogP contribution in [0.25, 0.3) is 6.08 Å². The molecule has 0 aromatic heterocycles. The lowest BCUT2D eigenvalue weighted by molar-refractivity contribution is 0.258. The second-order valence-corrected chi connectivity index (χ2v) is 5.01. The van der Waals surface area contributed by atoms with Crippen LogP contribution >= 0.6 is 0 Å². The van der Waals surface area contributed by atoms with Crippen molar-refractivity contribution in [1.29, 1.82) is 0 Å². The first-order chi connectivity index (χ1) is 10.8. The van der Waals surface area contributed by atoms with E-state index in [9.17, 15) is 9.59 Å². The van der Waals surface area contributed by atoms with Gasteiger partial charge >= 0.3 is 0 Å². The molecule has 2 aromatic rings. The van der Waals surface area contributed by atoms with E-state index >= 15 is 0 Å². The lowest BCUT2D eigenvalue weighted by Crippen LogP contribution is -2.21. The van der Waals surface area contributed by atoms with Crippen LogP contribution in [0.1, 0.15) is 5.56 Å². The predicted molar refractivity (Wildman–Crippen MR) is 87.7 cm³/mol. The van der Waals surface area contributed by atoms with Crippen LogP contribution < -0.4 is 5.12 Å². The molecule has 1 unspecified atom stereocenters. The molecule has 22 heavy (non-hydrogen) atoms. The number of aliphatic hydroxyl groups excluding tert-OH is 1. The van der Waals surface area contributed by atoms with Gasteiger partial charge in [0.05, 0.1) is 17.5 Å². The summed E-state index contributed by atoms with van der Waals surface area (Å²) >= 11 is 0. The van der Waals surface area contributed by atoms with Crippen molar-refractivity contribution < 1.29 is 9.59 Å². The fourth-order valence-electron chi connectivity index (χ4n) is 2.37. The summed E-state index contributed by atoms with van der Waals surface area (Å²) in [6, 6.07) is 18.3. The molecular weight excluding hydrogens is 277 g/mol. The summed E-state index contributed by atoms with van der Waals surface area (Å²) in [5, 5.41) is 10.8. The van der Waals surface area contributed by atoms with E-state index in [1.165, 1.54) is 0 Å². The molecule has 1 N–H and O–H groups in total. The van der Waals surface area contributed by atoms with Crippen molar-refractivity contribution in [2.45, 2.75) is 6.10 Å². The first-order valence-corrected chi connectivity index (χ1v) is 7.10. The SMILES string of the molecule is OC1C=CC=C(N(F)c2ccccc2)C1=Cc1ccccc1. The standard InChI is InChI=1S/C19H16FNO/c20-21(16-10-5-2-6-11-16)18-12-7-13-19(22)17(18)14-15-8-3-1-4-9-15/h1-14,19,22H. The van der Waals surface area contributed by atoms with Gasteiger partial charge < -0.3 is 5.11 Å². The van der Waals surface area contributed by atoms with E-state index in [1.807, 2.05) is 36.4 Å². The summed E-state index contributed by atoms with van der Waals surface area (Å²) in [7, 11) is 0. The molecule has 0 fully saturated rings. The molecule has 0 radical (unpaired) electrons. The van der Waals surface area contributed by atoms with E-state index in [0.717, 1.165) is 5.56 Å². The smallest absolute Gasteiger partial charge is 0.0996 e. The van der Waals surface area contributed by atoms with E-state index in [1.54, 1.807) is 48.6 Å². The number of hydrogen-bond donors (Lipinski definition) is 1. The largest absolute Gasteiger partial charge is 0.384 e. The maximum Gasteiger partial charge on any atom is 0.0996 e. The molecule has 110 valence electrons. The molecular formula is C19H16FNO. The Morgan fingerprint density at radius 1 is 0.955 bits per heavy atom. The zero-order valence-electron chi connectivity index (χ0n) is 11.9. The summed E-state index contributed by atoms with van der Waals surface area (Å²) in [6.45, 7) is 0. The zero-order valence-corrected chi connectivity index (χ0v) is 11.9. The van der Waals surface area contributed by atoms with Crippen LogP contribution in [-0.4, -0.2) is 11.2 Å². The van der Waals surface area contributed by atoms with Crippen LogP contribution in [0.5, 0.6) is 0 Å². The van der Waals surface area contributed by atoms with Crippen molar-refractivity contribution in [3.63, 3.8) is 0 Å². The summed E-state index contributed by atoms with van der Waals surface area (Å²) in [4.78, 5) is 0. The summed E-state index contributed by atoms with van der Waals surface area (Å²) in [6.07, 6.45) is 5.93. The Balaban J connectivity index is 1.99. The van der Waals surface area contributed by atoms with Gasteiger partial charge in [-0.15, -0.1) is 0 Å². The zero-order chi connectivity index (χ0) is 15.4. The van der Waals surface area contributed by atoms with Crippen LogP contribution in [-0.2, 0) is 0 Å². The third kappa shape index (κ3) is 3.00. The lowest BCUT2D eigenvalue weighted by Gasteiger charge is -2.24. The van der Waals surface area contributed by atoms with E-state index in [0.29, 0.717) is 22.1 Å². The van der Waals surface area contributed by atoms with Crippen molar-refractivity contribution >= 4 is 11.8 Å². The molecule has 0 bridgehead atoms. The highest BCUT2D eigenvalue weighted by Crippen LogP contribution is 2.30. The Bertz CT molecular complexity index is 720. The molecule has 3 heteroatoms. The highest BCUT2D eigenvalue weighted by Gasteiger charge is 2.22. The molecule has 0 spiro atoms. The minimum absolute atomic E-state index is 0.338. The molecule has 0 saturated carbocycles. The van der Waals surface area contributed by atoms with E-state index in [2.05, 4.69) is 0 Å². The number of halogens is 1. The van der Waals surface area contributed by atoms with Gasteiger partial charge in [-0.25, -0.2) is 0 Å². The molecule has 0 amide bonds. The normalized spacial score (nSPS) is 19.1. The van der Waals surface area contributed by atoms with Crippen LogP contribution in [0.3, 0.4) is 0 Å². The first-order valence-electron chi connectivity index (χ1n) is 7.10. The molecule has 1 aliphatic carbocycles. The first kappa shape index (κ1) is 14.3. The third-order valence-electron chi connectivity index (χ3n) is 3.48. The van der Waals surface area contributed by atoms with Gasteiger partial charge in [0.15, 0.2) is 0 Å². The number of rotatable bonds is 3. The molecule has 1 aliphatic rings. The van der Waals surface area contributed by atoms with Gasteiger partial charge in [-0.1, -0.05) is 65.2 Å². The Labute approximate surface area is 129 Å². The van der Waals surface area contributed by atoms with Gasteiger partial charge in [0.25, 0.3) is 0 Å². The summed E-state index contributed by atoms with van der Waals surface area (Å²) < 4.78 is 14.7. The van der Waals surface area contributed by atoms with E-state index in [4.69, 9.17) is 0 Å². The second kappa shape index (κ2) is 6.41. The number of para-hydroxylation sites is 1. The Kier molecular flexibility index (Phi) is 4.17. The second-order valence-electron chi connectivity index (χ2n) is 5.01. The molecule has 3 rings (SSSR count). The van der Waals surface area contributed by atoms with Crippen molar-refractivity contribution in [3.8, 4) is 0 Å². The van der Waals surface area contributed by atoms with Gasteiger partial charge in [-0.3, -0.25) is 0 Å². The number of nitrogens with zero attached hydrogens (tertiary/aromatic N) is 1. The third-order valence-corrected chi connectivity index (χ3v) is 3.48. The molecule has 2 nitrogen and oxygen atoms in total. The van der Waals surface area contributed by atoms with Gasteiger partial charge in [0.1, 0.15) is 0 Å². The maximum atomic E-state index is 14.7. The fourth-order valence-corrected chi connectivity index (χ4v) is 2.37. The number of hydrogen-bond acceptors (Lipinski definition) is 2. The number of aliphatic hydroxyl groups is 1. The van der Waals surface area contributed by atoms with Crippen molar-refractivity contribution in [2.24, 2.45) is 0 Å². The fraction of sp³-hybridized carbons (Fsp3) is 0.0526. The quantitative estimate of drug-likeness (QED) is 0.854. The summed E-state index contributed by atoms with van der Waals surface area (Å²) in [5.74, 6) is 0. The van der Waals surface area contributed by atoms with Crippen molar-refractivity contribution in [2.75, 3.05) is 5.12 Å². The van der Waals surface area contributed by atoms with Crippen molar-refractivity contribution in [1.82, 2.24) is 0 Å². The van der Waals surface area contributed by atoms with Crippen LogP contribution in [0, 0.1) is 0 Å². The highest BCUT2D eigenvalue weighted by molar-refractivity contribution is 5.67. The average molecular weight is 293 g/mol. The van der Waals surface area contributed by atoms with Gasteiger partial charge in [0.2, 0.25) is 0 Å². The Morgan fingerprint density at radius 2 is 1.59 bits per heavy atom. The van der Waals surface area contributed by atoms with Gasteiger partial charge in [0, 0.05) is 5.57 Å². The van der Waals surface area contributed by atoms with Crippen LogP contribution in [0.4, 0.5) is 10.2 Å². The molecule has 1 atom stereocenters. The number of allylic oxidation sites excluding steroid dienone is 2. The maximum absolute atomic E-state index is 14.7. The average Bonchev–Trinajstić information content (AvgIpc) is 2.58. The van der Waals surface area contributed by atoms with Gasteiger partial charge in [-0.05, 0) is 29.8 Å². The minimum Gasteiger partial charge on any atom is -0.384 e. The predicted octanol–water partition coefficient (Wildman–Crippen LogP) is 4.28. The van der Waals surface area contributed by atoms with Crippen LogP contribution in [0.15, 0.2) is 90.2 Å². The van der Waals surface area contributed by atoms with E-state index in [-0.39, 0.29) is 0 Å². The minimum atomic E-state index is -0.831. The molecule has 2 aromatic carbocycles. The number of benzene rings is 2. The lowest BCUT2D eigenvalue weighted by atomic mass is 9.98. The van der Waals surface area contributed by atoms with Gasteiger partial charge in [-0.2, -0.15) is 5.12 Å². The molecule has 0 heterocycles. The molecule has 0 saturated heterocycles. The van der Waals surface area contributed by atoms with Crippen molar-refractivity contribution in [3.05, 3.63) is 95.7 Å². The molecule has 0 aliphatic heterocycles. The highest BCUT2D eigenvalue weighted by atomic mass is 19.2. The topological polar surface area (TPSA) is 23.5 Å². The monoisotopic (exact) mass is 293 g/mol. The number of anilines is 1.